The van der Waals surface area contributed by atoms with E-state index >= 15 is 0 Å². The smallest absolute Gasteiger partial charge is 0.250 e. The molecule has 1 aromatic carbocycles. The van der Waals surface area contributed by atoms with Gasteiger partial charge in [0.25, 0.3) is 5.91 Å². The number of amides is 2. The van der Waals surface area contributed by atoms with Gasteiger partial charge in [-0.2, -0.15) is 0 Å². The molecular weight excluding hydrogens is 359 g/mol. The SMILES string of the molecule is CC1CCN(C(=O)CCN2C=CN3NC(c4ccc(F)cc4)CC3C2=O)CC1. The van der Waals surface area contributed by atoms with Crippen LogP contribution in [0.2, 0.25) is 0 Å². The van der Waals surface area contributed by atoms with Gasteiger partial charge in [0, 0.05) is 38.5 Å². The van der Waals surface area contributed by atoms with Crippen LogP contribution in [0.1, 0.15) is 44.2 Å². The van der Waals surface area contributed by atoms with Crippen molar-refractivity contribution in [1.29, 1.82) is 0 Å². The number of nitrogens with zero attached hydrogens (tertiary/aromatic N) is 3. The second-order valence-electron chi connectivity index (χ2n) is 8.04. The van der Waals surface area contributed by atoms with Crippen LogP contribution in [-0.4, -0.2) is 52.3 Å². The maximum absolute atomic E-state index is 13.2. The fourth-order valence-electron chi connectivity index (χ4n) is 4.17. The second kappa shape index (κ2) is 7.91. The lowest BCUT2D eigenvalue weighted by Gasteiger charge is -2.33. The molecule has 6 nitrogen and oxygen atoms in total. The molecule has 0 bridgehead atoms. The molecule has 7 heteroatoms. The molecule has 0 aliphatic carbocycles. The minimum atomic E-state index is -0.300. The van der Waals surface area contributed by atoms with E-state index in [9.17, 15) is 14.0 Å². The van der Waals surface area contributed by atoms with Gasteiger partial charge in [0.15, 0.2) is 0 Å². The monoisotopic (exact) mass is 386 g/mol. The van der Waals surface area contributed by atoms with E-state index in [2.05, 4.69) is 12.3 Å². The molecule has 0 saturated carbocycles. The first kappa shape index (κ1) is 18.9. The largest absolute Gasteiger partial charge is 0.343 e. The van der Waals surface area contributed by atoms with Crippen molar-refractivity contribution >= 4 is 11.8 Å². The molecule has 3 heterocycles. The third-order valence-electron chi connectivity index (χ3n) is 6.05. The average molecular weight is 386 g/mol. The number of rotatable bonds is 4. The minimum Gasteiger partial charge on any atom is -0.343 e. The summed E-state index contributed by atoms with van der Waals surface area (Å²) in [6.45, 7) is 4.28. The van der Waals surface area contributed by atoms with Crippen molar-refractivity contribution < 1.29 is 14.0 Å². The number of carbonyl (C=O) groups excluding carboxylic acids is 2. The molecule has 4 rings (SSSR count). The van der Waals surface area contributed by atoms with Crippen molar-refractivity contribution in [3.63, 3.8) is 0 Å². The van der Waals surface area contributed by atoms with Gasteiger partial charge in [-0.15, -0.1) is 0 Å². The van der Waals surface area contributed by atoms with Crippen molar-refractivity contribution in [3.8, 4) is 0 Å². The molecule has 0 radical (unpaired) electrons. The van der Waals surface area contributed by atoms with E-state index in [1.807, 2.05) is 16.1 Å². The van der Waals surface area contributed by atoms with Crippen molar-refractivity contribution in [2.75, 3.05) is 19.6 Å². The van der Waals surface area contributed by atoms with E-state index in [1.165, 1.54) is 12.1 Å². The summed E-state index contributed by atoms with van der Waals surface area (Å²) in [7, 11) is 0. The summed E-state index contributed by atoms with van der Waals surface area (Å²) in [6, 6.07) is 6.03. The van der Waals surface area contributed by atoms with Crippen LogP contribution in [0.25, 0.3) is 0 Å². The number of halogens is 1. The third kappa shape index (κ3) is 3.90. The van der Waals surface area contributed by atoms with Gasteiger partial charge in [0.05, 0.1) is 6.04 Å². The van der Waals surface area contributed by atoms with E-state index in [0.717, 1.165) is 31.5 Å². The molecule has 0 spiro atoms. The third-order valence-corrected chi connectivity index (χ3v) is 6.05. The minimum absolute atomic E-state index is 0.000298. The maximum atomic E-state index is 13.2. The number of fused-ring (bicyclic) bond motifs is 1. The van der Waals surface area contributed by atoms with E-state index in [1.54, 1.807) is 23.2 Å². The normalized spacial score (nSPS) is 25.4. The van der Waals surface area contributed by atoms with Gasteiger partial charge in [0.2, 0.25) is 5.91 Å². The Bertz CT molecular complexity index is 758. The Morgan fingerprint density at radius 3 is 2.61 bits per heavy atom. The molecular formula is C21H27FN4O2. The summed E-state index contributed by atoms with van der Waals surface area (Å²) in [5.41, 5.74) is 4.26. The highest BCUT2D eigenvalue weighted by Gasteiger charge is 2.40. The van der Waals surface area contributed by atoms with Crippen LogP contribution >= 0.6 is 0 Å². The molecule has 1 N–H and O–H groups in total. The zero-order chi connectivity index (χ0) is 19.7. The van der Waals surface area contributed by atoms with Gasteiger partial charge in [-0.25, -0.2) is 9.82 Å². The van der Waals surface area contributed by atoms with Gasteiger partial charge >= 0.3 is 0 Å². The first-order valence-electron chi connectivity index (χ1n) is 10.1. The number of carbonyl (C=O) groups is 2. The number of piperidine rings is 1. The quantitative estimate of drug-likeness (QED) is 0.864. The van der Waals surface area contributed by atoms with Gasteiger partial charge in [-0.05, 0) is 42.9 Å². The van der Waals surface area contributed by atoms with E-state index < -0.39 is 0 Å². The first-order chi connectivity index (χ1) is 13.5. The standard InChI is InChI=1S/C21H27FN4O2/c1-15-6-9-24(10-7-15)20(27)8-11-25-12-13-26-19(21(25)28)14-18(23-26)16-2-4-17(22)5-3-16/h2-5,12-13,15,18-19,23H,6-11,14H2,1H3. The number of hydrogen-bond acceptors (Lipinski definition) is 4. The van der Waals surface area contributed by atoms with E-state index in [4.69, 9.17) is 0 Å². The number of likely N-dealkylation sites (tertiary alicyclic amines) is 1. The van der Waals surface area contributed by atoms with Crippen LogP contribution in [0.3, 0.4) is 0 Å². The van der Waals surface area contributed by atoms with Gasteiger partial charge in [-0.1, -0.05) is 19.1 Å². The summed E-state index contributed by atoms with van der Waals surface area (Å²) < 4.78 is 13.2. The Kier molecular flexibility index (Phi) is 5.35. The molecule has 0 aromatic heterocycles. The molecule has 2 amide bonds. The van der Waals surface area contributed by atoms with Crippen LogP contribution in [0.5, 0.6) is 0 Å². The van der Waals surface area contributed by atoms with Crippen LogP contribution in [0.15, 0.2) is 36.7 Å². The Hall–Kier alpha value is -2.41. The molecule has 2 saturated heterocycles. The van der Waals surface area contributed by atoms with Crippen LogP contribution in [0, 0.1) is 11.7 Å². The Labute approximate surface area is 164 Å². The summed E-state index contributed by atoms with van der Waals surface area (Å²) in [4.78, 5) is 28.9. The zero-order valence-corrected chi connectivity index (χ0v) is 16.2. The predicted octanol–water partition coefficient (Wildman–Crippen LogP) is 2.41. The van der Waals surface area contributed by atoms with Crippen LogP contribution in [-0.2, 0) is 9.59 Å². The van der Waals surface area contributed by atoms with Crippen molar-refractivity contribution in [1.82, 2.24) is 20.2 Å². The number of hydrazine groups is 1. The first-order valence-corrected chi connectivity index (χ1v) is 10.1. The number of hydrogen-bond donors (Lipinski definition) is 1. The highest BCUT2D eigenvalue weighted by molar-refractivity contribution is 5.85. The Morgan fingerprint density at radius 2 is 1.89 bits per heavy atom. The summed E-state index contributed by atoms with van der Waals surface area (Å²) in [5.74, 6) is 0.545. The molecule has 1 aromatic rings. The predicted molar refractivity (Wildman–Crippen MR) is 103 cm³/mol. The fraction of sp³-hybridized carbons (Fsp3) is 0.524. The fourth-order valence-corrected chi connectivity index (χ4v) is 4.17. The van der Waals surface area contributed by atoms with Gasteiger partial charge < -0.3 is 14.8 Å². The molecule has 150 valence electrons. The van der Waals surface area contributed by atoms with Gasteiger partial charge in [0.1, 0.15) is 11.9 Å². The molecule has 2 atom stereocenters. The molecule has 3 aliphatic heterocycles. The van der Waals surface area contributed by atoms with Crippen LogP contribution < -0.4 is 5.43 Å². The van der Waals surface area contributed by atoms with E-state index in [0.29, 0.717) is 25.3 Å². The molecule has 2 fully saturated rings. The highest BCUT2D eigenvalue weighted by Crippen LogP contribution is 2.31. The van der Waals surface area contributed by atoms with Crippen molar-refractivity contribution in [3.05, 3.63) is 48.0 Å². The second-order valence-corrected chi connectivity index (χ2v) is 8.04. The zero-order valence-electron chi connectivity index (χ0n) is 16.2. The van der Waals surface area contributed by atoms with Crippen molar-refractivity contribution in [2.45, 2.75) is 44.7 Å². The highest BCUT2D eigenvalue weighted by atomic mass is 19.1. The Morgan fingerprint density at radius 1 is 1.18 bits per heavy atom. The van der Waals surface area contributed by atoms with Gasteiger partial charge in [-0.3, -0.25) is 9.59 Å². The average Bonchev–Trinajstić information content (AvgIpc) is 3.13. The van der Waals surface area contributed by atoms with E-state index in [-0.39, 0.29) is 29.7 Å². The molecule has 28 heavy (non-hydrogen) atoms. The van der Waals surface area contributed by atoms with Crippen LogP contribution in [0.4, 0.5) is 4.39 Å². The topological polar surface area (TPSA) is 55.9 Å². The lowest BCUT2D eigenvalue weighted by Crippen LogP contribution is -2.49. The summed E-state index contributed by atoms with van der Waals surface area (Å²) in [6.07, 6.45) is 6.67. The molecule has 2 unspecified atom stereocenters. The molecule has 3 aliphatic rings. The maximum Gasteiger partial charge on any atom is 0.250 e. The number of nitrogens with one attached hydrogen (secondary N) is 1. The lowest BCUT2D eigenvalue weighted by molar-refractivity contribution is -0.136. The summed E-state index contributed by atoms with van der Waals surface area (Å²) in [5, 5.41) is 1.82. The lowest BCUT2D eigenvalue weighted by atomic mass is 9.99. The Balaban J connectivity index is 1.32. The number of benzene rings is 1. The van der Waals surface area contributed by atoms with Crippen molar-refractivity contribution in [2.24, 2.45) is 5.92 Å². The summed E-state index contributed by atoms with van der Waals surface area (Å²) >= 11 is 0.